The number of nitrogens with two attached hydrogens (primary N) is 1. The molecule has 0 aliphatic carbocycles. The Bertz CT molecular complexity index is 891. The van der Waals surface area contributed by atoms with Crippen molar-refractivity contribution in [2.75, 3.05) is 18.1 Å². The molecule has 0 spiro atoms. The van der Waals surface area contributed by atoms with E-state index in [9.17, 15) is 8.42 Å². The third-order valence-electron chi connectivity index (χ3n) is 4.16. The highest BCUT2D eigenvalue weighted by molar-refractivity contribution is 7.89. The lowest BCUT2D eigenvalue weighted by molar-refractivity contribution is 0.288. The number of hydrogen-bond donors (Lipinski definition) is 1. The fourth-order valence-corrected chi connectivity index (χ4v) is 3.44. The average Bonchev–Trinajstić information content (AvgIpc) is 3.08. The highest BCUT2D eigenvalue weighted by Crippen LogP contribution is 2.26. The molecule has 130 valence electrons. The zero-order valence-electron chi connectivity index (χ0n) is 13.5. The Hall–Kier alpha value is -2.63. The van der Waals surface area contributed by atoms with Gasteiger partial charge in [-0.05, 0) is 49.2 Å². The topological polar surface area (TPSA) is 109 Å². The van der Waals surface area contributed by atoms with Gasteiger partial charge in [-0.2, -0.15) is 5.26 Å². The molecule has 25 heavy (non-hydrogen) atoms. The number of aromatic nitrogens is 1. The Balaban J connectivity index is 1.67. The Morgan fingerprint density at radius 2 is 2.08 bits per heavy atom. The lowest BCUT2D eigenvalue weighted by Gasteiger charge is -2.26. The molecule has 3 rings (SSSR count). The molecule has 1 aliphatic heterocycles. The summed E-state index contributed by atoms with van der Waals surface area (Å²) in [7, 11) is -3.70. The zero-order valence-corrected chi connectivity index (χ0v) is 14.3. The zero-order chi connectivity index (χ0) is 17.9. The van der Waals surface area contributed by atoms with E-state index < -0.39 is 10.0 Å². The van der Waals surface area contributed by atoms with Crippen LogP contribution in [0.25, 0.3) is 0 Å². The molecule has 0 bridgehead atoms. The second-order valence-corrected chi connectivity index (χ2v) is 7.39. The number of benzene rings is 1. The first-order chi connectivity index (χ1) is 12.0. The molecule has 2 N–H and O–H groups in total. The number of ether oxygens (including phenoxy) is 1. The van der Waals surface area contributed by atoms with Crippen molar-refractivity contribution >= 4 is 15.7 Å². The number of sulfonamides is 1. The van der Waals surface area contributed by atoms with Crippen molar-refractivity contribution in [3.05, 3.63) is 48.3 Å². The summed E-state index contributed by atoms with van der Waals surface area (Å²) < 4.78 is 28.3. The smallest absolute Gasteiger partial charge is 0.238 e. The summed E-state index contributed by atoms with van der Waals surface area (Å²) in [6.07, 6.45) is 3.66. The molecule has 1 fully saturated rings. The van der Waals surface area contributed by atoms with Crippen molar-refractivity contribution in [1.82, 2.24) is 4.98 Å². The van der Waals surface area contributed by atoms with Crippen LogP contribution < -0.4 is 14.8 Å². The molecular weight excluding hydrogens is 340 g/mol. The normalized spacial score (nSPS) is 17.3. The molecule has 1 aromatic heterocycles. The number of hydrogen-bond acceptors (Lipinski definition) is 6. The maximum absolute atomic E-state index is 11.3. The molecule has 0 saturated carbocycles. The molecule has 1 atom stereocenters. The number of nitriles is 1. The van der Waals surface area contributed by atoms with E-state index >= 15 is 0 Å². The molecule has 0 amide bonds. The van der Waals surface area contributed by atoms with Gasteiger partial charge >= 0.3 is 0 Å². The van der Waals surface area contributed by atoms with Gasteiger partial charge in [-0.15, -0.1) is 0 Å². The van der Waals surface area contributed by atoms with E-state index in [1.807, 2.05) is 6.07 Å². The monoisotopic (exact) mass is 358 g/mol. The summed E-state index contributed by atoms with van der Waals surface area (Å²) in [4.78, 5) is 6.27. The van der Waals surface area contributed by atoms with Crippen LogP contribution in [0.4, 0.5) is 5.69 Å². The SMILES string of the molecule is N#Cc1cc(N2CCCC2COc2ccc(S(N)(=O)=O)cc2)ccn1. The van der Waals surface area contributed by atoms with E-state index in [0.717, 1.165) is 25.1 Å². The van der Waals surface area contributed by atoms with E-state index in [0.29, 0.717) is 18.1 Å². The van der Waals surface area contributed by atoms with Gasteiger partial charge in [0.1, 0.15) is 24.1 Å². The molecule has 0 radical (unpaired) electrons. The third-order valence-corrected chi connectivity index (χ3v) is 5.09. The lowest BCUT2D eigenvalue weighted by Crippen LogP contribution is -2.34. The molecule has 1 saturated heterocycles. The predicted molar refractivity (Wildman–Crippen MR) is 92.6 cm³/mol. The van der Waals surface area contributed by atoms with E-state index in [2.05, 4.69) is 16.0 Å². The lowest BCUT2D eigenvalue weighted by atomic mass is 10.2. The van der Waals surface area contributed by atoms with Crippen LogP contribution in [0.2, 0.25) is 0 Å². The molecule has 2 aromatic rings. The van der Waals surface area contributed by atoms with Gasteiger partial charge in [0, 0.05) is 18.4 Å². The molecule has 1 aliphatic rings. The third kappa shape index (κ3) is 4.07. The summed E-state index contributed by atoms with van der Waals surface area (Å²) in [6, 6.07) is 12.0. The van der Waals surface area contributed by atoms with Crippen LogP contribution in [0.5, 0.6) is 5.75 Å². The molecule has 1 aromatic carbocycles. The largest absolute Gasteiger partial charge is 0.491 e. The van der Waals surface area contributed by atoms with Crippen molar-refractivity contribution in [1.29, 1.82) is 5.26 Å². The van der Waals surface area contributed by atoms with Gasteiger partial charge in [0.2, 0.25) is 10.0 Å². The summed E-state index contributed by atoms with van der Waals surface area (Å²) in [6.45, 7) is 1.37. The van der Waals surface area contributed by atoms with Crippen LogP contribution in [0.15, 0.2) is 47.5 Å². The molecule has 7 nitrogen and oxygen atoms in total. The minimum Gasteiger partial charge on any atom is -0.491 e. The first-order valence-electron chi connectivity index (χ1n) is 7.86. The molecule has 2 heterocycles. The second-order valence-electron chi connectivity index (χ2n) is 5.83. The number of primary sulfonamides is 1. The number of anilines is 1. The highest BCUT2D eigenvalue weighted by Gasteiger charge is 2.25. The Morgan fingerprint density at radius 1 is 1.32 bits per heavy atom. The van der Waals surface area contributed by atoms with Crippen LogP contribution in [0, 0.1) is 11.3 Å². The summed E-state index contributed by atoms with van der Waals surface area (Å²) >= 11 is 0. The van der Waals surface area contributed by atoms with E-state index in [4.69, 9.17) is 15.1 Å². The molecule has 8 heteroatoms. The van der Waals surface area contributed by atoms with Crippen LogP contribution in [0.1, 0.15) is 18.5 Å². The van der Waals surface area contributed by atoms with Crippen LogP contribution in [-0.2, 0) is 10.0 Å². The Morgan fingerprint density at radius 3 is 2.76 bits per heavy atom. The van der Waals surface area contributed by atoms with Crippen molar-refractivity contribution in [3.8, 4) is 11.8 Å². The van der Waals surface area contributed by atoms with Gasteiger partial charge in [-0.1, -0.05) is 0 Å². The number of rotatable bonds is 5. The summed E-state index contributed by atoms with van der Waals surface area (Å²) in [5, 5.41) is 14.1. The maximum atomic E-state index is 11.3. The first-order valence-corrected chi connectivity index (χ1v) is 9.40. The quantitative estimate of drug-likeness (QED) is 0.870. The standard InChI is InChI=1S/C17H18N4O3S/c18-11-13-10-14(7-8-20-13)21-9-1-2-15(21)12-24-16-3-5-17(6-4-16)25(19,22)23/h3-8,10,15H,1-2,9,12H2,(H2,19,22,23). The van der Waals surface area contributed by atoms with E-state index in [1.165, 1.54) is 12.1 Å². The van der Waals surface area contributed by atoms with Crippen molar-refractivity contribution in [3.63, 3.8) is 0 Å². The van der Waals surface area contributed by atoms with Crippen molar-refractivity contribution in [2.45, 2.75) is 23.8 Å². The van der Waals surface area contributed by atoms with E-state index in [-0.39, 0.29) is 10.9 Å². The highest BCUT2D eigenvalue weighted by atomic mass is 32.2. The van der Waals surface area contributed by atoms with Gasteiger partial charge in [0.05, 0.1) is 10.9 Å². The van der Waals surface area contributed by atoms with Gasteiger partial charge in [0.25, 0.3) is 0 Å². The van der Waals surface area contributed by atoms with Crippen LogP contribution in [0.3, 0.4) is 0 Å². The number of nitrogens with zero attached hydrogens (tertiary/aromatic N) is 3. The predicted octanol–water partition coefficient (Wildman–Crippen LogP) is 1.65. The summed E-state index contributed by atoms with van der Waals surface area (Å²) in [5.74, 6) is 0.590. The minimum absolute atomic E-state index is 0.0585. The number of pyridine rings is 1. The van der Waals surface area contributed by atoms with E-state index in [1.54, 1.807) is 24.4 Å². The fraction of sp³-hybridized carbons (Fsp3) is 0.294. The van der Waals surface area contributed by atoms with Crippen molar-refractivity contribution < 1.29 is 13.2 Å². The Labute approximate surface area is 146 Å². The maximum Gasteiger partial charge on any atom is 0.238 e. The van der Waals surface area contributed by atoms with Gasteiger partial charge < -0.3 is 9.64 Å². The fourth-order valence-electron chi connectivity index (χ4n) is 2.93. The van der Waals surface area contributed by atoms with Gasteiger partial charge in [-0.25, -0.2) is 18.5 Å². The van der Waals surface area contributed by atoms with Gasteiger partial charge in [-0.3, -0.25) is 0 Å². The first kappa shape index (κ1) is 17.2. The molecule has 1 unspecified atom stereocenters. The second kappa shape index (κ2) is 7.09. The minimum atomic E-state index is -3.70. The van der Waals surface area contributed by atoms with Crippen molar-refractivity contribution in [2.24, 2.45) is 5.14 Å². The van der Waals surface area contributed by atoms with Gasteiger partial charge in [0.15, 0.2) is 0 Å². The molecular formula is C17H18N4O3S. The Kier molecular flexibility index (Phi) is 4.88. The van der Waals surface area contributed by atoms with Crippen LogP contribution >= 0.6 is 0 Å². The summed E-state index contributed by atoms with van der Waals surface area (Å²) in [5.41, 5.74) is 1.35. The van der Waals surface area contributed by atoms with Crippen LogP contribution in [-0.4, -0.2) is 32.6 Å². The average molecular weight is 358 g/mol.